The molecule has 3 aromatic carbocycles. The molecule has 4 aromatic rings. The third-order valence-electron chi connectivity index (χ3n) is 5.14. The molecule has 168 valence electrons. The quantitative estimate of drug-likeness (QED) is 0.453. The monoisotopic (exact) mass is 462 g/mol. The molecule has 0 unspecified atom stereocenters. The van der Waals surface area contributed by atoms with E-state index in [0.717, 1.165) is 11.6 Å². The van der Waals surface area contributed by atoms with Crippen molar-refractivity contribution >= 4 is 38.3 Å². The van der Waals surface area contributed by atoms with Gasteiger partial charge in [0.05, 0.1) is 16.0 Å². The van der Waals surface area contributed by atoms with Crippen LogP contribution in [0.2, 0.25) is 0 Å². The van der Waals surface area contributed by atoms with Crippen molar-refractivity contribution in [2.24, 2.45) is 0 Å². The van der Waals surface area contributed by atoms with Gasteiger partial charge in [-0.05, 0) is 62.4 Å². The fraction of sp³-hybridized carbons (Fsp3) is 0.120. The summed E-state index contributed by atoms with van der Waals surface area (Å²) in [7, 11) is -3.77. The molecule has 0 atom stereocenters. The average molecular weight is 463 g/mol. The van der Waals surface area contributed by atoms with Crippen molar-refractivity contribution in [3.63, 3.8) is 0 Å². The molecule has 0 fully saturated rings. The average Bonchev–Trinajstić information content (AvgIpc) is 2.81. The predicted molar refractivity (Wildman–Crippen MR) is 128 cm³/mol. The van der Waals surface area contributed by atoms with Crippen molar-refractivity contribution in [3.05, 3.63) is 100 Å². The van der Waals surface area contributed by atoms with Crippen LogP contribution >= 0.6 is 0 Å². The molecule has 1 N–H and O–H groups in total. The van der Waals surface area contributed by atoms with Gasteiger partial charge in [0, 0.05) is 18.3 Å². The van der Waals surface area contributed by atoms with E-state index in [-0.39, 0.29) is 22.6 Å². The van der Waals surface area contributed by atoms with Gasteiger partial charge in [0.15, 0.2) is 11.2 Å². The summed E-state index contributed by atoms with van der Waals surface area (Å²) in [6.07, 6.45) is 0. The second-order valence-corrected chi connectivity index (χ2v) is 9.32. The summed E-state index contributed by atoms with van der Waals surface area (Å²) in [5.74, 6) is -0.737. The van der Waals surface area contributed by atoms with Gasteiger partial charge in [-0.3, -0.25) is 13.9 Å². The number of fused-ring (bicyclic) bond motifs is 1. The van der Waals surface area contributed by atoms with E-state index in [2.05, 4.69) is 5.32 Å². The number of carbonyl (C=O) groups is 1. The maximum atomic E-state index is 13.1. The standard InChI is InChI=1S/C25H22N2O5S/c1-3-27(19-7-5-4-6-8-19)33(30,31)20-12-10-18(11-13-20)26-25(29)24-16-22(28)21-15-17(2)9-14-23(21)32-24/h4-16H,3H2,1-2H3,(H,26,29). The minimum absolute atomic E-state index is 0.0961. The summed E-state index contributed by atoms with van der Waals surface area (Å²) in [6.45, 7) is 3.89. The van der Waals surface area contributed by atoms with E-state index in [9.17, 15) is 18.0 Å². The zero-order valence-electron chi connectivity index (χ0n) is 18.1. The Kier molecular flexibility index (Phi) is 6.02. The Morgan fingerprint density at radius 3 is 2.33 bits per heavy atom. The molecule has 1 amide bonds. The van der Waals surface area contributed by atoms with Crippen LogP contribution in [0.15, 0.2) is 93.0 Å². The maximum Gasteiger partial charge on any atom is 0.291 e. The molecule has 7 nitrogen and oxygen atoms in total. The fourth-order valence-corrected chi connectivity index (χ4v) is 4.97. The zero-order chi connectivity index (χ0) is 23.6. The summed E-state index contributed by atoms with van der Waals surface area (Å²) >= 11 is 0. The van der Waals surface area contributed by atoms with Crippen LogP contribution in [0.4, 0.5) is 11.4 Å². The molecule has 0 aliphatic carbocycles. The number of rotatable bonds is 6. The van der Waals surface area contributed by atoms with Gasteiger partial charge in [-0.1, -0.05) is 29.8 Å². The molecule has 1 aromatic heterocycles. The van der Waals surface area contributed by atoms with Crippen LogP contribution in [-0.4, -0.2) is 20.9 Å². The largest absolute Gasteiger partial charge is 0.451 e. The Bertz CT molecular complexity index is 1480. The first kappa shape index (κ1) is 22.3. The number of sulfonamides is 1. The van der Waals surface area contributed by atoms with Crippen molar-refractivity contribution in [2.45, 2.75) is 18.7 Å². The first-order chi connectivity index (χ1) is 15.8. The predicted octanol–water partition coefficient (Wildman–Crippen LogP) is 4.57. The minimum atomic E-state index is -3.77. The highest BCUT2D eigenvalue weighted by Crippen LogP contribution is 2.24. The van der Waals surface area contributed by atoms with E-state index < -0.39 is 15.9 Å². The number of nitrogens with one attached hydrogen (secondary N) is 1. The minimum Gasteiger partial charge on any atom is -0.451 e. The Balaban J connectivity index is 1.56. The molecule has 0 radical (unpaired) electrons. The number of anilines is 2. The van der Waals surface area contributed by atoms with Gasteiger partial charge >= 0.3 is 0 Å². The van der Waals surface area contributed by atoms with Gasteiger partial charge in [0.1, 0.15) is 5.58 Å². The number of benzene rings is 3. The topological polar surface area (TPSA) is 96.7 Å². The van der Waals surface area contributed by atoms with Gasteiger partial charge in [0.2, 0.25) is 0 Å². The highest BCUT2D eigenvalue weighted by atomic mass is 32.2. The van der Waals surface area contributed by atoms with Crippen LogP contribution in [0.25, 0.3) is 11.0 Å². The highest BCUT2D eigenvalue weighted by Gasteiger charge is 2.23. The summed E-state index contributed by atoms with van der Waals surface area (Å²) in [4.78, 5) is 25.1. The molecule has 0 spiro atoms. The maximum absolute atomic E-state index is 13.1. The van der Waals surface area contributed by atoms with Crippen molar-refractivity contribution < 1.29 is 17.6 Å². The third-order valence-corrected chi connectivity index (χ3v) is 7.06. The van der Waals surface area contributed by atoms with E-state index in [1.165, 1.54) is 28.6 Å². The molecule has 0 saturated heterocycles. The van der Waals surface area contributed by atoms with E-state index in [1.54, 1.807) is 49.4 Å². The number of nitrogens with zero attached hydrogens (tertiary/aromatic N) is 1. The summed E-state index contributed by atoms with van der Waals surface area (Å²) in [6, 6.07) is 21.0. The second kappa shape index (κ2) is 8.91. The van der Waals surface area contributed by atoms with Gasteiger partial charge in [0.25, 0.3) is 15.9 Å². The third kappa shape index (κ3) is 4.51. The van der Waals surface area contributed by atoms with Crippen LogP contribution in [0.1, 0.15) is 23.0 Å². The lowest BCUT2D eigenvalue weighted by Gasteiger charge is -2.23. The zero-order valence-corrected chi connectivity index (χ0v) is 18.9. The molecule has 1 heterocycles. The number of carbonyl (C=O) groups excluding carboxylic acids is 1. The van der Waals surface area contributed by atoms with Crippen LogP contribution in [0, 0.1) is 6.92 Å². The second-order valence-electron chi connectivity index (χ2n) is 7.46. The molecule has 0 aliphatic rings. The fourth-order valence-electron chi connectivity index (χ4n) is 3.50. The number of aryl methyl sites for hydroxylation is 1. The first-order valence-corrected chi connectivity index (χ1v) is 11.8. The van der Waals surface area contributed by atoms with Crippen molar-refractivity contribution in [3.8, 4) is 0 Å². The van der Waals surface area contributed by atoms with Crippen molar-refractivity contribution in [2.75, 3.05) is 16.2 Å². The first-order valence-electron chi connectivity index (χ1n) is 10.3. The smallest absolute Gasteiger partial charge is 0.291 e. The normalized spacial score (nSPS) is 11.3. The number of hydrogen-bond donors (Lipinski definition) is 1. The Labute approximate surface area is 191 Å². The Hall–Kier alpha value is -3.91. The van der Waals surface area contributed by atoms with E-state index in [0.29, 0.717) is 22.3 Å². The highest BCUT2D eigenvalue weighted by molar-refractivity contribution is 7.92. The van der Waals surface area contributed by atoms with E-state index in [1.807, 2.05) is 13.0 Å². The Morgan fingerprint density at radius 1 is 0.970 bits per heavy atom. The van der Waals surface area contributed by atoms with Gasteiger partial charge in [-0.2, -0.15) is 0 Å². The van der Waals surface area contributed by atoms with Gasteiger partial charge < -0.3 is 9.73 Å². The van der Waals surface area contributed by atoms with Gasteiger partial charge in [-0.15, -0.1) is 0 Å². The summed E-state index contributed by atoms with van der Waals surface area (Å²) in [5, 5.41) is 3.04. The summed E-state index contributed by atoms with van der Waals surface area (Å²) < 4.78 is 33.1. The van der Waals surface area contributed by atoms with E-state index in [4.69, 9.17) is 4.42 Å². The van der Waals surface area contributed by atoms with Crippen LogP contribution in [0.5, 0.6) is 0 Å². The lowest BCUT2D eigenvalue weighted by atomic mass is 10.1. The van der Waals surface area contributed by atoms with Crippen LogP contribution in [0.3, 0.4) is 0 Å². The number of amides is 1. The molecule has 8 heteroatoms. The Morgan fingerprint density at radius 2 is 1.67 bits per heavy atom. The van der Waals surface area contributed by atoms with Crippen LogP contribution < -0.4 is 15.1 Å². The molecular formula is C25H22N2O5S. The molecule has 4 rings (SSSR count). The van der Waals surface area contributed by atoms with Gasteiger partial charge in [-0.25, -0.2) is 8.42 Å². The number of para-hydroxylation sites is 1. The molecule has 0 aliphatic heterocycles. The summed E-state index contributed by atoms with van der Waals surface area (Å²) in [5.41, 5.74) is 1.86. The number of hydrogen-bond acceptors (Lipinski definition) is 5. The van der Waals surface area contributed by atoms with E-state index >= 15 is 0 Å². The molecule has 33 heavy (non-hydrogen) atoms. The van der Waals surface area contributed by atoms with Crippen LogP contribution in [-0.2, 0) is 10.0 Å². The molecule has 0 bridgehead atoms. The molecular weight excluding hydrogens is 440 g/mol. The lowest BCUT2D eigenvalue weighted by Crippen LogP contribution is -2.30. The SMILES string of the molecule is CCN(c1ccccc1)S(=O)(=O)c1ccc(NC(=O)c2cc(=O)c3cc(C)ccc3o2)cc1. The molecule has 0 saturated carbocycles. The van der Waals surface area contributed by atoms with Crippen molar-refractivity contribution in [1.29, 1.82) is 0 Å². The lowest BCUT2D eigenvalue weighted by molar-refractivity contribution is 0.0997. The van der Waals surface area contributed by atoms with Crippen molar-refractivity contribution in [1.82, 2.24) is 0 Å².